The number of aliphatic hydroxyl groups is 1. The number of likely N-dealkylation sites (N-methyl/N-ethyl adjacent to an activating group) is 1. The van der Waals surface area contributed by atoms with E-state index in [4.69, 9.17) is 9.05 Å². The zero-order chi connectivity index (χ0) is 54.9. The van der Waals surface area contributed by atoms with E-state index in [1.54, 1.807) is 0 Å². The third-order valence-electron chi connectivity index (χ3n) is 15.4. The predicted molar refractivity (Wildman–Crippen MR) is 325 cm³/mol. The Kier molecular flexibility index (Phi) is 56.9. The third kappa shape index (κ3) is 60.5. The van der Waals surface area contributed by atoms with Crippen molar-refractivity contribution in [2.75, 3.05) is 40.9 Å². The minimum absolute atomic E-state index is 0.0147. The Labute approximate surface area is 468 Å². The lowest BCUT2D eigenvalue weighted by Crippen LogP contribution is -2.46. The summed E-state index contributed by atoms with van der Waals surface area (Å²) >= 11 is 0. The van der Waals surface area contributed by atoms with Crippen LogP contribution in [0.4, 0.5) is 0 Å². The molecule has 0 radical (unpaired) electrons. The summed E-state index contributed by atoms with van der Waals surface area (Å²) in [5.41, 5.74) is 0. The fourth-order valence-electron chi connectivity index (χ4n) is 10.3. The van der Waals surface area contributed by atoms with E-state index < -0.39 is 20.0 Å². The van der Waals surface area contributed by atoms with Crippen LogP contribution in [0.3, 0.4) is 0 Å². The average molecular weight is 1080 g/mol. The van der Waals surface area contributed by atoms with Crippen LogP contribution in [-0.2, 0) is 18.4 Å². The smallest absolute Gasteiger partial charge is 0.268 e. The van der Waals surface area contributed by atoms with Gasteiger partial charge < -0.3 is 28.8 Å². The molecule has 0 aromatic carbocycles. The average Bonchev–Trinajstić information content (AvgIpc) is 3.37. The number of rotatable bonds is 62. The number of carbonyl (C=O) groups is 1. The molecule has 9 heteroatoms. The van der Waals surface area contributed by atoms with Gasteiger partial charge in [0, 0.05) is 6.42 Å². The number of hydrogen-bond donors (Lipinski definition) is 2. The number of phosphoric acid groups is 1. The first kappa shape index (κ1) is 74.0. The van der Waals surface area contributed by atoms with Gasteiger partial charge in [0.2, 0.25) is 5.91 Å². The van der Waals surface area contributed by atoms with Crippen molar-refractivity contribution in [3.05, 3.63) is 24.3 Å². The molecule has 0 aromatic heterocycles. The number of hydrogen-bond acceptors (Lipinski definition) is 6. The molecule has 3 atom stereocenters. The molecule has 0 aliphatic heterocycles. The van der Waals surface area contributed by atoms with E-state index in [0.717, 1.165) is 44.9 Å². The summed E-state index contributed by atoms with van der Waals surface area (Å²) in [6.07, 6.45) is 73.8. The zero-order valence-corrected chi connectivity index (χ0v) is 51.9. The van der Waals surface area contributed by atoms with Gasteiger partial charge >= 0.3 is 0 Å². The van der Waals surface area contributed by atoms with Gasteiger partial charge in [-0.2, -0.15) is 0 Å². The van der Waals surface area contributed by atoms with Crippen LogP contribution in [0.15, 0.2) is 24.3 Å². The number of carbonyl (C=O) groups excluding carboxylic acids is 1. The first-order valence-electron chi connectivity index (χ1n) is 33.2. The molecule has 75 heavy (non-hydrogen) atoms. The van der Waals surface area contributed by atoms with Crippen LogP contribution >= 0.6 is 7.82 Å². The molecule has 0 spiro atoms. The van der Waals surface area contributed by atoms with Gasteiger partial charge in [-0.3, -0.25) is 9.36 Å². The molecule has 0 rings (SSSR count). The van der Waals surface area contributed by atoms with Crippen LogP contribution < -0.4 is 10.2 Å². The SMILES string of the molecule is CCCCCCC/C=C\C/C=C\CCCCCCCCCCCCCCCCCCCC(=O)NC(COP(=O)([O-])OCC[N+](C)(C)C)C(O)CCCCCCCCCCCCCCCCCCCCCCCCCC. The Bertz CT molecular complexity index is 1270. The van der Waals surface area contributed by atoms with Crippen LogP contribution in [0.2, 0.25) is 0 Å². The molecule has 0 saturated heterocycles. The van der Waals surface area contributed by atoms with E-state index in [2.05, 4.69) is 43.5 Å². The van der Waals surface area contributed by atoms with Crippen molar-refractivity contribution in [2.24, 2.45) is 0 Å². The highest BCUT2D eigenvalue weighted by molar-refractivity contribution is 7.45. The second-order valence-electron chi connectivity index (χ2n) is 24.2. The maximum atomic E-state index is 13.0. The van der Waals surface area contributed by atoms with Crippen molar-refractivity contribution in [2.45, 2.75) is 353 Å². The Morgan fingerprint density at radius 2 is 0.773 bits per heavy atom. The lowest BCUT2D eigenvalue weighted by Gasteiger charge is -2.30. The van der Waals surface area contributed by atoms with Crippen LogP contribution in [0.5, 0.6) is 0 Å². The lowest BCUT2D eigenvalue weighted by molar-refractivity contribution is -0.870. The molecular weight excluding hydrogens is 948 g/mol. The topological polar surface area (TPSA) is 108 Å². The highest BCUT2D eigenvalue weighted by Gasteiger charge is 2.24. The molecule has 0 aromatic rings. The lowest BCUT2D eigenvalue weighted by atomic mass is 10.0. The van der Waals surface area contributed by atoms with E-state index in [-0.39, 0.29) is 19.1 Å². The fraction of sp³-hybridized carbons (Fsp3) is 0.924. The highest BCUT2D eigenvalue weighted by Crippen LogP contribution is 2.38. The number of nitrogens with zero attached hydrogens (tertiary/aromatic N) is 1. The summed E-state index contributed by atoms with van der Waals surface area (Å²) in [6.45, 7) is 4.77. The molecule has 0 fully saturated rings. The Morgan fingerprint density at radius 1 is 0.467 bits per heavy atom. The molecule has 1 amide bonds. The molecule has 0 aliphatic rings. The maximum Gasteiger partial charge on any atom is 0.268 e. The maximum absolute atomic E-state index is 13.0. The van der Waals surface area contributed by atoms with E-state index in [0.29, 0.717) is 23.9 Å². The Balaban J connectivity index is 4.04. The summed E-state index contributed by atoms with van der Waals surface area (Å²) in [4.78, 5) is 25.6. The van der Waals surface area contributed by atoms with Crippen molar-refractivity contribution in [3.63, 3.8) is 0 Å². The molecule has 0 aliphatic carbocycles. The van der Waals surface area contributed by atoms with Crippen LogP contribution in [0.1, 0.15) is 341 Å². The van der Waals surface area contributed by atoms with Gasteiger partial charge in [-0.1, -0.05) is 314 Å². The number of amides is 1. The monoisotopic (exact) mass is 1080 g/mol. The minimum atomic E-state index is -4.58. The van der Waals surface area contributed by atoms with Crippen molar-refractivity contribution >= 4 is 13.7 Å². The third-order valence-corrected chi connectivity index (χ3v) is 16.4. The molecule has 3 unspecified atom stereocenters. The number of nitrogens with one attached hydrogen (secondary N) is 1. The number of allylic oxidation sites excluding steroid dienone is 4. The standard InChI is InChI=1S/C66H131N2O6P/c1-6-8-10-12-14-16-18-20-22-24-26-28-30-32-33-34-35-36-38-40-42-44-46-48-50-52-54-56-58-60-66(70)67-64(63-74-75(71,72)73-62-61-68(3,4)5)65(69)59-57-55-53-51-49-47-45-43-41-39-37-31-29-27-25-23-21-19-17-15-13-11-9-7-2/h18,20,24,26,64-65,69H,6-17,19,21-23,25,27-63H2,1-5H3,(H-,67,70,71,72)/b20-18-,26-24-. The summed E-state index contributed by atoms with van der Waals surface area (Å²) in [6, 6.07) is -0.800. The van der Waals surface area contributed by atoms with E-state index >= 15 is 0 Å². The fourth-order valence-corrected chi connectivity index (χ4v) is 11.0. The zero-order valence-electron chi connectivity index (χ0n) is 51.0. The minimum Gasteiger partial charge on any atom is -0.756 e. The highest BCUT2D eigenvalue weighted by atomic mass is 31.2. The first-order chi connectivity index (χ1) is 36.5. The molecule has 446 valence electrons. The quantitative estimate of drug-likeness (QED) is 0.0272. The molecule has 0 bridgehead atoms. The number of phosphoric ester groups is 1. The van der Waals surface area contributed by atoms with E-state index in [1.165, 1.54) is 270 Å². The van der Waals surface area contributed by atoms with Crippen LogP contribution in [0.25, 0.3) is 0 Å². The van der Waals surface area contributed by atoms with Gasteiger partial charge in [-0.05, 0) is 44.9 Å². The number of aliphatic hydroxyl groups excluding tert-OH is 1. The van der Waals surface area contributed by atoms with Gasteiger partial charge in [-0.15, -0.1) is 0 Å². The van der Waals surface area contributed by atoms with E-state index in [9.17, 15) is 19.4 Å². The van der Waals surface area contributed by atoms with Crippen molar-refractivity contribution < 1.29 is 32.9 Å². The van der Waals surface area contributed by atoms with Crippen LogP contribution in [0, 0.1) is 0 Å². The van der Waals surface area contributed by atoms with Crippen molar-refractivity contribution in [1.29, 1.82) is 0 Å². The Hall–Kier alpha value is -1.02. The second kappa shape index (κ2) is 57.7. The molecule has 2 N–H and O–H groups in total. The molecule has 8 nitrogen and oxygen atoms in total. The van der Waals surface area contributed by atoms with Gasteiger partial charge in [-0.25, -0.2) is 0 Å². The van der Waals surface area contributed by atoms with Gasteiger partial charge in [0.15, 0.2) is 0 Å². The van der Waals surface area contributed by atoms with Gasteiger partial charge in [0.25, 0.3) is 7.82 Å². The van der Waals surface area contributed by atoms with Crippen molar-refractivity contribution in [1.82, 2.24) is 5.32 Å². The molecule has 0 saturated carbocycles. The van der Waals surface area contributed by atoms with Gasteiger partial charge in [0.05, 0.1) is 39.9 Å². The Morgan fingerprint density at radius 3 is 1.11 bits per heavy atom. The summed E-state index contributed by atoms with van der Waals surface area (Å²) in [5, 5.41) is 14.1. The van der Waals surface area contributed by atoms with Crippen LogP contribution in [-0.4, -0.2) is 68.5 Å². The summed E-state index contributed by atoms with van der Waals surface area (Å²) in [5.74, 6) is -0.158. The summed E-state index contributed by atoms with van der Waals surface area (Å²) in [7, 11) is 1.32. The van der Waals surface area contributed by atoms with Crippen molar-refractivity contribution in [3.8, 4) is 0 Å². The molecular formula is C66H131N2O6P. The summed E-state index contributed by atoms with van der Waals surface area (Å²) < 4.78 is 23.5. The first-order valence-corrected chi connectivity index (χ1v) is 34.6. The second-order valence-corrected chi connectivity index (χ2v) is 25.6. The predicted octanol–water partition coefficient (Wildman–Crippen LogP) is 20.1. The molecule has 0 heterocycles. The largest absolute Gasteiger partial charge is 0.756 e. The van der Waals surface area contributed by atoms with Gasteiger partial charge in [0.1, 0.15) is 13.2 Å². The number of quaternary nitrogens is 1. The van der Waals surface area contributed by atoms with E-state index in [1.807, 2.05) is 21.1 Å². The normalized spacial score (nSPS) is 13.9. The number of unbranched alkanes of at least 4 members (excludes halogenated alkanes) is 45.